The van der Waals surface area contributed by atoms with Gasteiger partial charge in [0.25, 0.3) is 5.56 Å². The maximum absolute atomic E-state index is 11.3. The first kappa shape index (κ1) is 12.5. The van der Waals surface area contributed by atoms with E-state index in [4.69, 9.17) is 0 Å². The second-order valence-electron chi connectivity index (χ2n) is 3.97. The van der Waals surface area contributed by atoms with Gasteiger partial charge >= 0.3 is 5.69 Å². The summed E-state index contributed by atoms with van der Waals surface area (Å²) in [5.74, 6) is 0.479. The van der Waals surface area contributed by atoms with E-state index in [1.807, 2.05) is 14.1 Å². The SMILES string of the molecule is CN(C)CCCNc1cc(=O)n(C)c(=O)[nH]1. The van der Waals surface area contributed by atoms with E-state index >= 15 is 0 Å². The van der Waals surface area contributed by atoms with E-state index in [2.05, 4.69) is 15.2 Å². The molecule has 1 heterocycles. The monoisotopic (exact) mass is 226 g/mol. The molecule has 0 fully saturated rings. The predicted octanol–water partition coefficient (Wildman–Crippen LogP) is -0.563. The summed E-state index contributed by atoms with van der Waals surface area (Å²) >= 11 is 0. The average Bonchev–Trinajstić information content (AvgIpc) is 2.20. The molecule has 0 spiro atoms. The van der Waals surface area contributed by atoms with Gasteiger partial charge in [0, 0.05) is 19.7 Å². The van der Waals surface area contributed by atoms with E-state index < -0.39 is 5.69 Å². The minimum atomic E-state index is -0.400. The molecule has 6 heteroatoms. The van der Waals surface area contributed by atoms with Crippen LogP contribution in [-0.2, 0) is 7.05 Å². The molecule has 0 bridgehead atoms. The van der Waals surface area contributed by atoms with E-state index in [1.165, 1.54) is 13.1 Å². The molecule has 1 aromatic heterocycles. The van der Waals surface area contributed by atoms with Crippen LogP contribution in [0.3, 0.4) is 0 Å². The van der Waals surface area contributed by atoms with Gasteiger partial charge in [-0.05, 0) is 27.1 Å². The zero-order valence-corrected chi connectivity index (χ0v) is 9.91. The van der Waals surface area contributed by atoms with Crippen molar-refractivity contribution in [2.45, 2.75) is 6.42 Å². The summed E-state index contributed by atoms with van der Waals surface area (Å²) < 4.78 is 1.03. The highest BCUT2D eigenvalue weighted by molar-refractivity contribution is 5.31. The summed E-state index contributed by atoms with van der Waals surface area (Å²) in [7, 11) is 5.44. The molecular formula is C10H18N4O2. The van der Waals surface area contributed by atoms with Gasteiger partial charge in [-0.2, -0.15) is 0 Å². The number of aromatic amines is 1. The van der Waals surface area contributed by atoms with Crippen molar-refractivity contribution in [3.63, 3.8) is 0 Å². The summed E-state index contributed by atoms with van der Waals surface area (Å²) in [6.45, 7) is 1.68. The van der Waals surface area contributed by atoms with Gasteiger partial charge in [0.15, 0.2) is 0 Å². The first-order valence-electron chi connectivity index (χ1n) is 5.19. The Morgan fingerprint density at radius 3 is 2.69 bits per heavy atom. The van der Waals surface area contributed by atoms with Crippen LogP contribution in [0, 0.1) is 0 Å². The molecule has 0 aliphatic carbocycles. The maximum atomic E-state index is 11.3. The lowest BCUT2D eigenvalue weighted by atomic mass is 10.4. The van der Waals surface area contributed by atoms with Crippen molar-refractivity contribution in [3.05, 3.63) is 26.9 Å². The summed E-state index contributed by atoms with van der Waals surface area (Å²) in [5, 5.41) is 3.01. The van der Waals surface area contributed by atoms with Gasteiger partial charge in [-0.3, -0.25) is 14.3 Å². The highest BCUT2D eigenvalue weighted by Crippen LogP contribution is 1.94. The topological polar surface area (TPSA) is 70.1 Å². The minimum absolute atomic E-state index is 0.307. The van der Waals surface area contributed by atoms with Crippen LogP contribution < -0.4 is 16.6 Å². The Morgan fingerprint density at radius 2 is 2.12 bits per heavy atom. The minimum Gasteiger partial charge on any atom is -0.371 e. The Kier molecular flexibility index (Phi) is 4.30. The normalized spacial score (nSPS) is 10.8. The molecule has 0 aromatic carbocycles. The van der Waals surface area contributed by atoms with Crippen molar-refractivity contribution in [2.24, 2.45) is 7.05 Å². The first-order chi connectivity index (χ1) is 7.50. The molecular weight excluding hydrogens is 208 g/mol. The largest absolute Gasteiger partial charge is 0.371 e. The molecule has 0 atom stereocenters. The zero-order valence-electron chi connectivity index (χ0n) is 9.91. The average molecular weight is 226 g/mol. The first-order valence-corrected chi connectivity index (χ1v) is 5.19. The van der Waals surface area contributed by atoms with E-state index in [0.717, 1.165) is 24.1 Å². The standard InChI is InChI=1S/C10H18N4O2/c1-13(2)6-4-5-11-8-7-9(15)14(3)10(16)12-8/h7,11H,4-6H2,1-3H3,(H,12,16). The van der Waals surface area contributed by atoms with E-state index in [0.29, 0.717) is 5.82 Å². The highest BCUT2D eigenvalue weighted by Gasteiger charge is 1.99. The molecule has 0 saturated carbocycles. The van der Waals surface area contributed by atoms with Crippen LogP contribution in [0.15, 0.2) is 15.7 Å². The van der Waals surface area contributed by atoms with Crippen LogP contribution in [0.5, 0.6) is 0 Å². The summed E-state index contributed by atoms with van der Waals surface area (Å²) in [4.78, 5) is 27.2. The molecule has 0 saturated heterocycles. The fourth-order valence-electron chi connectivity index (χ4n) is 1.27. The Hall–Kier alpha value is -1.56. The number of hydrogen-bond donors (Lipinski definition) is 2. The second kappa shape index (κ2) is 5.50. The lowest BCUT2D eigenvalue weighted by Crippen LogP contribution is -2.32. The van der Waals surface area contributed by atoms with Crippen LogP contribution in [0.4, 0.5) is 5.82 Å². The van der Waals surface area contributed by atoms with E-state index in [9.17, 15) is 9.59 Å². The lowest BCUT2D eigenvalue weighted by Gasteiger charge is -2.10. The number of hydrogen-bond acceptors (Lipinski definition) is 4. The molecule has 2 N–H and O–H groups in total. The molecule has 1 rings (SSSR count). The number of nitrogens with zero attached hydrogens (tertiary/aromatic N) is 2. The van der Waals surface area contributed by atoms with Crippen molar-refractivity contribution in [1.29, 1.82) is 0 Å². The Bertz CT molecular complexity index is 416. The Balaban J connectivity index is 2.56. The second-order valence-corrected chi connectivity index (χ2v) is 3.97. The number of H-pyrrole nitrogens is 1. The van der Waals surface area contributed by atoms with Crippen molar-refractivity contribution in [2.75, 3.05) is 32.5 Å². The number of rotatable bonds is 5. The van der Waals surface area contributed by atoms with Crippen molar-refractivity contribution in [3.8, 4) is 0 Å². The smallest absolute Gasteiger partial charge is 0.329 e. The molecule has 0 aliphatic heterocycles. The maximum Gasteiger partial charge on any atom is 0.329 e. The van der Waals surface area contributed by atoms with Crippen LogP contribution in [0.25, 0.3) is 0 Å². The number of anilines is 1. The zero-order chi connectivity index (χ0) is 12.1. The van der Waals surface area contributed by atoms with Crippen molar-refractivity contribution >= 4 is 5.82 Å². The fourth-order valence-corrected chi connectivity index (χ4v) is 1.27. The van der Waals surface area contributed by atoms with Gasteiger partial charge in [-0.15, -0.1) is 0 Å². The number of aromatic nitrogens is 2. The molecule has 0 unspecified atom stereocenters. The van der Waals surface area contributed by atoms with Gasteiger partial charge in [-0.1, -0.05) is 0 Å². The third kappa shape index (κ3) is 3.54. The Labute approximate surface area is 93.9 Å². The van der Waals surface area contributed by atoms with Crippen molar-refractivity contribution in [1.82, 2.24) is 14.5 Å². The molecule has 0 aliphatic rings. The quantitative estimate of drug-likeness (QED) is 0.660. The highest BCUT2D eigenvalue weighted by atomic mass is 16.2. The van der Waals surface area contributed by atoms with Crippen molar-refractivity contribution < 1.29 is 0 Å². The summed E-state index contributed by atoms with van der Waals surface area (Å²) in [6.07, 6.45) is 0.949. The lowest BCUT2D eigenvalue weighted by molar-refractivity contribution is 0.405. The number of nitrogens with one attached hydrogen (secondary N) is 2. The summed E-state index contributed by atoms with van der Waals surface area (Å²) in [5.41, 5.74) is -0.707. The van der Waals surface area contributed by atoms with Gasteiger partial charge in [0.05, 0.1) is 0 Å². The third-order valence-electron chi connectivity index (χ3n) is 2.24. The van der Waals surface area contributed by atoms with Crippen LogP contribution in [0.1, 0.15) is 6.42 Å². The van der Waals surface area contributed by atoms with Gasteiger partial charge in [0.2, 0.25) is 0 Å². The molecule has 1 aromatic rings. The molecule has 0 radical (unpaired) electrons. The van der Waals surface area contributed by atoms with Gasteiger partial charge in [0.1, 0.15) is 5.82 Å². The summed E-state index contributed by atoms with van der Waals surface area (Å²) in [6, 6.07) is 1.39. The fraction of sp³-hybridized carbons (Fsp3) is 0.600. The Morgan fingerprint density at radius 1 is 1.44 bits per heavy atom. The van der Waals surface area contributed by atoms with E-state index in [-0.39, 0.29) is 5.56 Å². The van der Waals surface area contributed by atoms with Gasteiger partial charge < -0.3 is 10.2 Å². The van der Waals surface area contributed by atoms with Crippen LogP contribution in [-0.4, -0.2) is 41.6 Å². The molecule has 6 nitrogen and oxygen atoms in total. The van der Waals surface area contributed by atoms with Crippen LogP contribution >= 0.6 is 0 Å². The molecule has 0 amide bonds. The van der Waals surface area contributed by atoms with Gasteiger partial charge in [-0.25, -0.2) is 4.79 Å². The molecule has 90 valence electrons. The van der Waals surface area contributed by atoms with Crippen LogP contribution in [0.2, 0.25) is 0 Å². The predicted molar refractivity (Wildman–Crippen MR) is 64.0 cm³/mol. The molecule has 16 heavy (non-hydrogen) atoms. The van der Waals surface area contributed by atoms with E-state index in [1.54, 1.807) is 0 Å². The third-order valence-corrected chi connectivity index (χ3v) is 2.24.